The Morgan fingerprint density at radius 3 is 3.20 bits per heavy atom. The molecule has 1 aliphatic heterocycles. The first-order valence-electron chi connectivity index (χ1n) is 3.36. The zero-order valence-corrected chi connectivity index (χ0v) is 6.17. The van der Waals surface area contributed by atoms with Crippen LogP contribution in [0.4, 0.5) is 0 Å². The van der Waals surface area contributed by atoms with Gasteiger partial charge in [-0.15, -0.1) is 0 Å². The molecule has 1 heterocycles. The second-order valence-electron chi connectivity index (χ2n) is 2.31. The highest BCUT2D eigenvalue weighted by atomic mass is 14.7. The molecule has 0 atom stereocenters. The molecular weight excluding hydrogens is 122 g/mol. The van der Waals surface area contributed by atoms with Crippen LogP contribution in [0.3, 0.4) is 0 Å². The highest BCUT2D eigenvalue weighted by Gasteiger charge is 1.93. The molecule has 10 heavy (non-hydrogen) atoms. The first-order valence-corrected chi connectivity index (χ1v) is 3.36. The molecular formula is C9H11N. The number of hydrogen-bond acceptors (Lipinski definition) is 1. The molecule has 1 rings (SSSR count). The molecule has 0 N–H and O–H groups in total. The Bertz CT molecular complexity index is 219. The number of nitrogens with zero attached hydrogens (tertiary/aromatic N) is 1. The molecule has 0 aliphatic carbocycles. The van der Waals surface area contributed by atoms with E-state index in [1.54, 1.807) is 6.21 Å². The van der Waals surface area contributed by atoms with E-state index in [4.69, 9.17) is 0 Å². The van der Waals surface area contributed by atoms with Crippen molar-refractivity contribution in [3.05, 3.63) is 36.1 Å². The lowest BCUT2D eigenvalue weighted by atomic mass is 10.2. The van der Waals surface area contributed by atoms with E-state index in [0.29, 0.717) is 0 Å². The van der Waals surface area contributed by atoms with Gasteiger partial charge in [0, 0.05) is 6.21 Å². The van der Waals surface area contributed by atoms with Gasteiger partial charge in [-0.25, -0.2) is 0 Å². The molecule has 0 fully saturated rings. The van der Waals surface area contributed by atoms with Gasteiger partial charge in [0.1, 0.15) is 0 Å². The Morgan fingerprint density at radius 2 is 2.50 bits per heavy atom. The first-order chi connectivity index (χ1) is 4.80. The molecule has 0 bridgehead atoms. The normalized spacial score (nSPS) is 16.3. The summed E-state index contributed by atoms with van der Waals surface area (Å²) in [4.78, 5) is 4.17. The topological polar surface area (TPSA) is 12.4 Å². The molecule has 1 aliphatic rings. The van der Waals surface area contributed by atoms with Crippen LogP contribution in [-0.4, -0.2) is 6.21 Å². The minimum atomic E-state index is 0.961. The van der Waals surface area contributed by atoms with Gasteiger partial charge in [-0.2, -0.15) is 0 Å². The summed E-state index contributed by atoms with van der Waals surface area (Å²) in [6.45, 7) is 5.78. The van der Waals surface area contributed by atoms with Gasteiger partial charge in [-0.05, 0) is 25.0 Å². The molecule has 0 aromatic rings. The maximum absolute atomic E-state index is 4.17. The van der Waals surface area contributed by atoms with E-state index in [9.17, 15) is 0 Å². The molecule has 1 nitrogen and oxygen atoms in total. The Hall–Kier alpha value is -1.11. The molecule has 0 saturated heterocycles. The lowest BCUT2D eigenvalue weighted by Gasteiger charge is -1.95. The average Bonchev–Trinajstić information content (AvgIpc) is 2.12. The molecule has 52 valence electrons. The molecule has 0 saturated carbocycles. The van der Waals surface area contributed by atoms with Gasteiger partial charge in [-0.1, -0.05) is 18.7 Å². The number of allylic oxidation sites excluding steroid dienone is 4. The van der Waals surface area contributed by atoms with Crippen LogP contribution in [0.2, 0.25) is 0 Å². The first kappa shape index (κ1) is 7.00. The Kier molecular flexibility index (Phi) is 2.21. The van der Waals surface area contributed by atoms with Crippen molar-refractivity contribution in [1.82, 2.24) is 0 Å². The van der Waals surface area contributed by atoms with Gasteiger partial charge in [-0.3, -0.25) is 4.99 Å². The van der Waals surface area contributed by atoms with Crippen molar-refractivity contribution in [2.24, 2.45) is 4.99 Å². The summed E-state index contributed by atoms with van der Waals surface area (Å²) in [5.41, 5.74) is 2.03. The zero-order valence-electron chi connectivity index (χ0n) is 6.17. The highest BCUT2D eigenvalue weighted by molar-refractivity contribution is 5.73. The summed E-state index contributed by atoms with van der Waals surface area (Å²) in [5, 5.41) is 0. The second kappa shape index (κ2) is 3.16. The SMILES string of the molecule is C=C(C)C1=CCC=CC=N1. The monoisotopic (exact) mass is 133 g/mol. The van der Waals surface area contributed by atoms with E-state index >= 15 is 0 Å². The fourth-order valence-corrected chi connectivity index (χ4v) is 0.780. The smallest absolute Gasteiger partial charge is 0.0616 e. The van der Waals surface area contributed by atoms with Crippen molar-refractivity contribution in [3.8, 4) is 0 Å². The van der Waals surface area contributed by atoms with Crippen LogP contribution in [0.1, 0.15) is 13.3 Å². The van der Waals surface area contributed by atoms with E-state index < -0.39 is 0 Å². The molecule has 1 heteroatoms. The largest absolute Gasteiger partial charge is 0.257 e. The molecule has 0 radical (unpaired) electrons. The van der Waals surface area contributed by atoms with Gasteiger partial charge >= 0.3 is 0 Å². The number of rotatable bonds is 1. The Morgan fingerprint density at radius 1 is 1.70 bits per heavy atom. The predicted molar refractivity (Wildman–Crippen MR) is 45.1 cm³/mol. The number of aliphatic imine (C=N–C) groups is 1. The van der Waals surface area contributed by atoms with Crippen LogP contribution in [0, 0.1) is 0 Å². The Balaban J connectivity index is 2.78. The minimum Gasteiger partial charge on any atom is -0.257 e. The van der Waals surface area contributed by atoms with Gasteiger partial charge in [0.05, 0.1) is 5.70 Å². The highest BCUT2D eigenvalue weighted by Crippen LogP contribution is 2.10. The summed E-state index contributed by atoms with van der Waals surface area (Å²) >= 11 is 0. The van der Waals surface area contributed by atoms with Crippen molar-refractivity contribution in [1.29, 1.82) is 0 Å². The zero-order chi connectivity index (χ0) is 7.40. The maximum atomic E-state index is 4.17. The average molecular weight is 133 g/mol. The van der Waals surface area contributed by atoms with Crippen molar-refractivity contribution in [2.75, 3.05) is 0 Å². The number of hydrogen-bond donors (Lipinski definition) is 0. The van der Waals surface area contributed by atoms with Crippen molar-refractivity contribution >= 4 is 6.21 Å². The van der Waals surface area contributed by atoms with Crippen LogP contribution in [0.25, 0.3) is 0 Å². The van der Waals surface area contributed by atoms with Crippen molar-refractivity contribution in [2.45, 2.75) is 13.3 Å². The van der Waals surface area contributed by atoms with Crippen LogP contribution in [-0.2, 0) is 0 Å². The minimum absolute atomic E-state index is 0.961. The van der Waals surface area contributed by atoms with Gasteiger partial charge < -0.3 is 0 Å². The van der Waals surface area contributed by atoms with Crippen molar-refractivity contribution in [3.63, 3.8) is 0 Å². The van der Waals surface area contributed by atoms with E-state index in [1.165, 1.54) is 0 Å². The van der Waals surface area contributed by atoms with Crippen LogP contribution in [0.15, 0.2) is 41.1 Å². The van der Waals surface area contributed by atoms with Crippen LogP contribution in [0.5, 0.6) is 0 Å². The van der Waals surface area contributed by atoms with Crippen molar-refractivity contribution < 1.29 is 0 Å². The molecule has 0 aromatic heterocycles. The predicted octanol–water partition coefficient (Wildman–Crippen LogP) is 2.48. The van der Waals surface area contributed by atoms with Gasteiger partial charge in [0.25, 0.3) is 0 Å². The summed E-state index contributed by atoms with van der Waals surface area (Å²) < 4.78 is 0. The summed E-state index contributed by atoms with van der Waals surface area (Å²) in [5.74, 6) is 0. The molecule has 0 amide bonds. The quantitative estimate of drug-likeness (QED) is 0.521. The molecule has 0 unspecified atom stereocenters. The third kappa shape index (κ3) is 1.69. The summed E-state index contributed by atoms with van der Waals surface area (Å²) in [6.07, 6.45) is 8.85. The van der Waals surface area contributed by atoms with E-state index in [-0.39, 0.29) is 0 Å². The van der Waals surface area contributed by atoms with E-state index in [0.717, 1.165) is 17.7 Å². The fourth-order valence-electron chi connectivity index (χ4n) is 0.780. The van der Waals surface area contributed by atoms with Gasteiger partial charge in [0.2, 0.25) is 0 Å². The third-order valence-electron chi connectivity index (χ3n) is 1.32. The lowest BCUT2D eigenvalue weighted by Crippen LogP contribution is -1.77. The lowest BCUT2D eigenvalue weighted by molar-refractivity contribution is 1.25. The molecule has 0 aromatic carbocycles. The second-order valence-corrected chi connectivity index (χ2v) is 2.31. The summed E-state index contributed by atoms with van der Waals surface area (Å²) in [7, 11) is 0. The molecule has 0 spiro atoms. The standard InChI is InChI=1S/C9H11N/c1-8(2)9-6-4-3-5-7-10-9/h3,5-7H,1,4H2,2H3. The van der Waals surface area contributed by atoms with Crippen LogP contribution < -0.4 is 0 Å². The summed E-state index contributed by atoms with van der Waals surface area (Å²) in [6, 6.07) is 0. The van der Waals surface area contributed by atoms with E-state index in [1.807, 2.05) is 13.0 Å². The Labute approximate surface area is 61.5 Å². The maximum Gasteiger partial charge on any atom is 0.0616 e. The fraction of sp³-hybridized carbons (Fsp3) is 0.222. The third-order valence-corrected chi connectivity index (χ3v) is 1.32. The van der Waals surface area contributed by atoms with Crippen LogP contribution >= 0.6 is 0 Å². The van der Waals surface area contributed by atoms with E-state index in [2.05, 4.69) is 23.7 Å². The van der Waals surface area contributed by atoms with Gasteiger partial charge in [0.15, 0.2) is 0 Å².